The number of alkyl carbamates (subject to hydrolysis) is 1. The smallest absolute Gasteiger partial charge is 0.409 e. The zero-order valence-electron chi connectivity index (χ0n) is 6.81. The Kier molecular flexibility index (Phi) is 3.79. The first-order valence-corrected chi connectivity index (χ1v) is 4.03. The molecule has 1 rings (SSSR count). The highest BCUT2D eigenvalue weighted by atomic mass is 19.1. The van der Waals surface area contributed by atoms with Gasteiger partial charge in [0.05, 0.1) is 0 Å². The molecular formula is C7H13FN2O2. The lowest BCUT2D eigenvalue weighted by atomic mass is 10.1. The fraction of sp³-hybridized carbons (Fsp3) is 0.857. The molecule has 1 amide bonds. The molecule has 0 bridgehead atoms. The van der Waals surface area contributed by atoms with Crippen molar-refractivity contribution in [3.63, 3.8) is 0 Å². The van der Waals surface area contributed by atoms with E-state index in [4.69, 9.17) is 0 Å². The second-order valence-corrected chi connectivity index (χ2v) is 2.71. The highest BCUT2D eigenvalue weighted by Crippen LogP contribution is 2.01. The van der Waals surface area contributed by atoms with Crippen molar-refractivity contribution in [2.24, 2.45) is 0 Å². The Morgan fingerprint density at radius 1 is 1.58 bits per heavy atom. The summed E-state index contributed by atoms with van der Waals surface area (Å²) in [6, 6.07) is 0.130. The lowest BCUT2D eigenvalue weighted by Crippen LogP contribution is -2.42. The molecule has 2 N–H and O–H groups in total. The molecule has 70 valence electrons. The first kappa shape index (κ1) is 9.25. The van der Waals surface area contributed by atoms with Gasteiger partial charge in [0.25, 0.3) is 0 Å². The van der Waals surface area contributed by atoms with E-state index in [2.05, 4.69) is 15.4 Å². The number of nitrogens with one attached hydrogen (secondary N) is 2. The zero-order valence-corrected chi connectivity index (χ0v) is 6.81. The first-order valence-electron chi connectivity index (χ1n) is 4.03. The summed E-state index contributed by atoms with van der Waals surface area (Å²) in [6.07, 6.45) is 1.09. The Labute approximate surface area is 70.5 Å². The number of halogens is 1. The van der Waals surface area contributed by atoms with E-state index in [1.807, 2.05) is 0 Å². The van der Waals surface area contributed by atoms with Gasteiger partial charge < -0.3 is 15.4 Å². The minimum atomic E-state index is -1.06. The normalized spacial score (nSPS) is 18.8. The summed E-state index contributed by atoms with van der Waals surface area (Å²) >= 11 is 0. The van der Waals surface area contributed by atoms with Crippen LogP contribution < -0.4 is 10.6 Å². The molecule has 4 nitrogen and oxygen atoms in total. The molecule has 0 saturated carbocycles. The van der Waals surface area contributed by atoms with Crippen LogP contribution in [0, 0.1) is 0 Å². The van der Waals surface area contributed by atoms with Gasteiger partial charge in [0.1, 0.15) is 0 Å². The Morgan fingerprint density at radius 2 is 2.25 bits per heavy atom. The molecule has 1 aliphatic heterocycles. The Morgan fingerprint density at radius 3 is 2.83 bits per heavy atom. The number of carbonyl (C=O) groups excluding carboxylic acids is 1. The van der Waals surface area contributed by atoms with E-state index in [1.165, 1.54) is 0 Å². The van der Waals surface area contributed by atoms with Crippen molar-refractivity contribution in [2.75, 3.05) is 20.0 Å². The van der Waals surface area contributed by atoms with E-state index in [0.29, 0.717) is 0 Å². The minimum absolute atomic E-state index is 0.130. The topological polar surface area (TPSA) is 50.4 Å². The third kappa shape index (κ3) is 3.04. The largest absolute Gasteiger partial charge is 0.418 e. The summed E-state index contributed by atoms with van der Waals surface area (Å²) < 4.78 is 15.6. The van der Waals surface area contributed by atoms with Gasteiger partial charge in [-0.1, -0.05) is 0 Å². The summed E-state index contributed by atoms with van der Waals surface area (Å²) in [4.78, 5) is 10.7. The maximum absolute atomic E-state index is 11.5. The number of hydrogen-bond acceptors (Lipinski definition) is 3. The molecule has 1 heterocycles. The number of hydrogen-bond donors (Lipinski definition) is 2. The monoisotopic (exact) mass is 176 g/mol. The van der Waals surface area contributed by atoms with Crippen molar-refractivity contribution < 1.29 is 13.9 Å². The summed E-state index contributed by atoms with van der Waals surface area (Å²) in [5, 5.41) is 5.73. The van der Waals surface area contributed by atoms with E-state index in [-0.39, 0.29) is 6.04 Å². The molecule has 0 radical (unpaired) electrons. The van der Waals surface area contributed by atoms with Crippen molar-refractivity contribution in [1.29, 1.82) is 0 Å². The predicted molar refractivity (Wildman–Crippen MR) is 41.5 cm³/mol. The van der Waals surface area contributed by atoms with Crippen LogP contribution in [-0.2, 0) is 4.74 Å². The SMILES string of the molecule is O=C(NC1CCNCC1)OCF. The van der Waals surface area contributed by atoms with Gasteiger partial charge in [0, 0.05) is 6.04 Å². The van der Waals surface area contributed by atoms with Gasteiger partial charge in [-0.3, -0.25) is 0 Å². The van der Waals surface area contributed by atoms with Crippen LogP contribution in [0.2, 0.25) is 0 Å². The molecule has 12 heavy (non-hydrogen) atoms. The molecule has 0 atom stereocenters. The van der Waals surface area contributed by atoms with Crippen molar-refractivity contribution in [1.82, 2.24) is 10.6 Å². The van der Waals surface area contributed by atoms with Crippen molar-refractivity contribution in [3.8, 4) is 0 Å². The average Bonchev–Trinajstić information content (AvgIpc) is 2.06. The summed E-state index contributed by atoms with van der Waals surface area (Å²) in [5.41, 5.74) is 0. The fourth-order valence-corrected chi connectivity index (χ4v) is 1.22. The molecule has 0 aromatic carbocycles. The third-order valence-electron chi connectivity index (χ3n) is 1.85. The van der Waals surface area contributed by atoms with E-state index < -0.39 is 13.0 Å². The standard InChI is InChI=1S/C7H13FN2O2/c8-5-12-7(11)10-6-1-3-9-4-2-6/h6,9H,1-5H2,(H,10,11). The molecule has 1 saturated heterocycles. The lowest BCUT2D eigenvalue weighted by Gasteiger charge is -2.22. The van der Waals surface area contributed by atoms with Crippen LogP contribution in [0.25, 0.3) is 0 Å². The number of carbonyl (C=O) groups is 1. The lowest BCUT2D eigenvalue weighted by molar-refractivity contribution is 0.0941. The maximum atomic E-state index is 11.5. The molecule has 1 aliphatic rings. The predicted octanol–water partition coefficient (Wildman–Crippen LogP) is 0.392. The van der Waals surface area contributed by atoms with E-state index in [9.17, 15) is 9.18 Å². The summed E-state index contributed by atoms with van der Waals surface area (Å²) in [5.74, 6) is 0. The molecular weight excluding hydrogens is 163 g/mol. The third-order valence-corrected chi connectivity index (χ3v) is 1.85. The number of ether oxygens (including phenoxy) is 1. The molecule has 1 fully saturated rings. The molecule has 0 unspecified atom stereocenters. The maximum Gasteiger partial charge on any atom is 0.409 e. The number of amides is 1. The quantitative estimate of drug-likeness (QED) is 0.640. The Bertz CT molecular complexity index is 148. The molecule has 0 spiro atoms. The first-order chi connectivity index (χ1) is 5.83. The zero-order chi connectivity index (χ0) is 8.81. The fourth-order valence-electron chi connectivity index (χ4n) is 1.22. The van der Waals surface area contributed by atoms with Crippen LogP contribution in [0.1, 0.15) is 12.8 Å². The Balaban J connectivity index is 2.15. The van der Waals surface area contributed by atoms with Crippen LogP contribution >= 0.6 is 0 Å². The van der Waals surface area contributed by atoms with Gasteiger partial charge in [-0.15, -0.1) is 0 Å². The average molecular weight is 176 g/mol. The number of piperidine rings is 1. The van der Waals surface area contributed by atoms with Crippen LogP contribution in [0.5, 0.6) is 0 Å². The van der Waals surface area contributed by atoms with Gasteiger partial charge in [-0.25, -0.2) is 9.18 Å². The van der Waals surface area contributed by atoms with Crippen LogP contribution in [0.3, 0.4) is 0 Å². The molecule has 5 heteroatoms. The molecule has 0 aliphatic carbocycles. The van der Waals surface area contributed by atoms with Crippen molar-refractivity contribution in [2.45, 2.75) is 18.9 Å². The van der Waals surface area contributed by atoms with E-state index in [0.717, 1.165) is 25.9 Å². The van der Waals surface area contributed by atoms with Crippen molar-refractivity contribution >= 4 is 6.09 Å². The number of rotatable bonds is 2. The van der Waals surface area contributed by atoms with Gasteiger partial charge in [0.15, 0.2) is 0 Å². The second-order valence-electron chi connectivity index (χ2n) is 2.71. The van der Waals surface area contributed by atoms with Gasteiger partial charge >= 0.3 is 6.09 Å². The van der Waals surface area contributed by atoms with Gasteiger partial charge in [-0.05, 0) is 25.9 Å². The highest BCUT2D eigenvalue weighted by molar-refractivity contribution is 5.67. The highest BCUT2D eigenvalue weighted by Gasteiger charge is 2.15. The summed E-state index contributed by atoms with van der Waals surface area (Å²) in [6.45, 7) is 0.720. The van der Waals surface area contributed by atoms with Crippen LogP contribution in [-0.4, -0.2) is 32.1 Å². The van der Waals surface area contributed by atoms with Crippen molar-refractivity contribution in [3.05, 3.63) is 0 Å². The van der Waals surface area contributed by atoms with E-state index >= 15 is 0 Å². The van der Waals surface area contributed by atoms with E-state index in [1.54, 1.807) is 0 Å². The molecule has 0 aromatic heterocycles. The second kappa shape index (κ2) is 4.92. The van der Waals surface area contributed by atoms with Gasteiger partial charge in [-0.2, -0.15) is 0 Å². The van der Waals surface area contributed by atoms with Crippen LogP contribution in [0.15, 0.2) is 0 Å². The van der Waals surface area contributed by atoms with Gasteiger partial charge in [0.2, 0.25) is 6.86 Å². The molecule has 0 aromatic rings. The summed E-state index contributed by atoms with van der Waals surface area (Å²) in [7, 11) is 0. The van der Waals surface area contributed by atoms with Crippen LogP contribution in [0.4, 0.5) is 9.18 Å². The Hall–Kier alpha value is -0.840. The number of alkyl halides is 1. The minimum Gasteiger partial charge on any atom is -0.418 e.